The Morgan fingerprint density at radius 3 is 2.56 bits per heavy atom. The molecule has 0 unspecified atom stereocenters. The minimum atomic E-state index is 1.12. The third-order valence-corrected chi connectivity index (χ3v) is 2.43. The van der Waals surface area contributed by atoms with Gasteiger partial charge in [-0.3, -0.25) is 0 Å². The molecule has 1 aromatic rings. The zero-order valence-corrected chi connectivity index (χ0v) is 10.1. The number of benzene rings is 1. The van der Waals surface area contributed by atoms with E-state index in [1.54, 1.807) is 0 Å². The first-order valence-corrected chi connectivity index (χ1v) is 6.14. The van der Waals surface area contributed by atoms with Gasteiger partial charge in [-0.15, -0.1) is 0 Å². The molecular formula is C16H20. The fourth-order valence-electron chi connectivity index (χ4n) is 1.48. The maximum Gasteiger partial charge on any atom is -0.00429 e. The molecule has 84 valence electrons. The molecule has 0 fully saturated rings. The minimum Gasteiger partial charge on any atom is -0.0746 e. The van der Waals surface area contributed by atoms with Gasteiger partial charge in [-0.2, -0.15) is 0 Å². The highest BCUT2D eigenvalue weighted by atomic mass is 13.9. The summed E-state index contributed by atoms with van der Waals surface area (Å²) in [6, 6.07) is 10.2. The molecule has 1 aromatic carbocycles. The van der Waals surface area contributed by atoms with E-state index >= 15 is 0 Å². The van der Waals surface area contributed by atoms with Crippen LogP contribution in [0.5, 0.6) is 0 Å². The molecule has 0 bridgehead atoms. The van der Waals surface area contributed by atoms with Crippen LogP contribution in [0.1, 0.15) is 44.6 Å². The predicted molar refractivity (Wildman–Crippen MR) is 71.3 cm³/mol. The molecule has 0 spiro atoms. The summed E-state index contributed by atoms with van der Waals surface area (Å²) in [5.41, 5.74) is 7.32. The number of rotatable bonds is 6. The maximum atomic E-state index is 3.08. The summed E-state index contributed by atoms with van der Waals surface area (Å²) >= 11 is 0. The molecule has 0 N–H and O–H groups in total. The van der Waals surface area contributed by atoms with E-state index in [9.17, 15) is 0 Å². The first-order valence-electron chi connectivity index (χ1n) is 6.14. The van der Waals surface area contributed by atoms with Crippen LogP contribution in [0.2, 0.25) is 0 Å². The average molecular weight is 212 g/mol. The molecular weight excluding hydrogens is 192 g/mol. The average Bonchev–Trinajstić information content (AvgIpc) is 2.34. The summed E-state index contributed by atoms with van der Waals surface area (Å²) in [5.74, 6) is 0. The predicted octanol–water partition coefficient (Wildman–Crippen LogP) is 4.98. The van der Waals surface area contributed by atoms with E-state index in [2.05, 4.69) is 36.6 Å². The van der Waals surface area contributed by atoms with E-state index in [-0.39, 0.29) is 0 Å². The highest BCUT2D eigenvalue weighted by molar-refractivity contribution is 5.47. The molecule has 0 saturated carbocycles. The second-order valence-corrected chi connectivity index (χ2v) is 3.90. The summed E-state index contributed by atoms with van der Waals surface area (Å²) in [5, 5.41) is 0. The van der Waals surface area contributed by atoms with Crippen LogP contribution in [-0.4, -0.2) is 0 Å². The third-order valence-electron chi connectivity index (χ3n) is 2.43. The molecule has 0 saturated heterocycles. The van der Waals surface area contributed by atoms with Crippen molar-refractivity contribution in [3.63, 3.8) is 0 Å². The second kappa shape index (κ2) is 8.80. The molecule has 0 heterocycles. The van der Waals surface area contributed by atoms with Crippen molar-refractivity contribution < 1.29 is 0 Å². The van der Waals surface area contributed by atoms with E-state index in [0.29, 0.717) is 0 Å². The molecule has 0 atom stereocenters. The topological polar surface area (TPSA) is 0 Å². The van der Waals surface area contributed by atoms with Gasteiger partial charge in [0.1, 0.15) is 0 Å². The Kier molecular flexibility index (Phi) is 6.92. The van der Waals surface area contributed by atoms with Crippen LogP contribution in [0.3, 0.4) is 0 Å². The summed E-state index contributed by atoms with van der Waals surface area (Å²) in [4.78, 5) is 0. The van der Waals surface area contributed by atoms with Crippen molar-refractivity contribution in [3.8, 4) is 0 Å². The fraction of sp³-hybridized carbons (Fsp3) is 0.375. The van der Waals surface area contributed by atoms with Gasteiger partial charge < -0.3 is 0 Å². The van der Waals surface area contributed by atoms with Crippen molar-refractivity contribution in [2.45, 2.75) is 39.0 Å². The number of hydrogen-bond acceptors (Lipinski definition) is 0. The lowest BCUT2D eigenvalue weighted by molar-refractivity contribution is 0.675. The van der Waals surface area contributed by atoms with Crippen LogP contribution in [0.4, 0.5) is 0 Å². The summed E-state index contributed by atoms with van der Waals surface area (Å²) in [6.45, 7) is 2.23. The Morgan fingerprint density at radius 1 is 1.00 bits per heavy atom. The van der Waals surface area contributed by atoms with Gasteiger partial charge in [0.15, 0.2) is 0 Å². The van der Waals surface area contributed by atoms with Crippen LogP contribution >= 0.6 is 0 Å². The van der Waals surface area contributed by atoms with Crippen LogP contribution in [-0.2, 0) is 0 Å². The third kappa shape index (κ3) is 6.09. The lowest BCUT2D eigenvalue weighted by atomic mass is 10.1. The van der Waals surface area contributed by atoms with Crippen LogP contribution in [0.25, 0.3) is 6.08 Å². The monoisotopic (exact) mass is 212 g/mol. The van der Waals surface area contributed by atoms with E-state index in [4.69, 9.17) is 0 Å². The minimum absolute atomic E-state index is 1.12. The Labute approximate surface area is 99.0 Å². The number of unbranched alkanes of at least 4 members (excludes halogenated alkanes) is 4. The highest BCUT2D eigenvalue weighted by Crippen LogP contribution is 2.02. The van der Waals surface area contributed by atoms with Crippen molar-refractivity contribution in [2.75, 3.05) is 0 Å². The quantitative estimate of drug-likeness (QED) is 0.461. The zero-order valence-electron chi connectivity index (χ0n) is 10.1. The molecule has 0 aliphatic carbocycles. The van der Waals surface area contributed by atoms with Crippen LogP contribution in [0, 0.1) is 0 Å². The molecule has 1 rings (SSSR count). The van der Waals surface area contributed by atoms with E-state index < -0.39 is 0 Å². The van der Waals surface area contributed by atoms with Gasteiger partial charge in [-0.25, -0.2) is 0 Å². The van der Waals surface area contributed by atoms with E-state index in [1.807, 2.05) is 24.3 Å². The van der Waals surface area contributed by atoms with Crippen molar-refractivity contribution in [1.29, 1.82) is 0 Å². The molecule has 0 heteroatoms. The summed E-state index contributed by atoms with van der Waals surface area (Å²) in [6.07, 6.45) is 10.4. The first-order chi connectivity index (χ1) is 7.93. The van der Waals surface area contributed by atoms with Gasteiger partial charge in [0.2, 0.25) is 0 Å². The Hall–Kier alpha value is -1.48. The maximum absolute atomic E-state index is 3.08. The SMILES string of the molecule is CCCCCCC=C=C=Cc1ccccc1. The summed E-state index contributed by atoms with van der Waals surface area (Å²) in [7, 11) is 0. The van der Waals surface area contributed by atoms with Crippen LogP contribution < -0.4 is 0 Å². The van der Waals surface area contributed by atoms with Gasteiger partial charge in [0, 0.05) is 0 Å². The Bertz CT molecular complexity index is 360. The highest BCUT2D eigenvalue weighted by Gasteiger charge is 1.83. The Morgan fingerprint density at radius 2 is 1.81 bits per heavy atom. The molecule has 0 amide bonds. The van der Waals surface area contributed by atoms with Gasteiger partial charge >= 0.3 is 0 Å². The van der Waals surface area contributed by atoms with Crippen molar-refractivity contribution in [3.05, 3.63) is 53.4 Å². The van der Waals surface area contributed by atoms with Gasteiger partial charge in [-0.1, -0.05) is 68.0 Å². The van der Waals surface area contributed by atoms with Crippen molar-refractivity contribution in [2.24, 2.45) is 0 Å². The van der Waals surface area contributed by atoms with Crippen molar-refractivity contribution >= 4 is 6.08 Å². The number of hydrogen-bond donors (Lipinski definition) is 0. The Balaban J connectivity index is 2.30. The summed E-state index contributed by atoms with van der Waals surface area (Å²) < 4.78 is 0. The fourth-order valence-corrected chi connectivity index (χ4v) is 1.48. The van der Waals surface area contributed by atoms with Gasteiger partial charge in [-0.05, 0) is 30.6 Å². The molecule has 0 aliphatic heterocycles. The first kappa shape index (κ1) is 12.6. The van der Waals surface area contributed by atoms with Gasteiger partial charge in [0.05, 0.1) is 0 Å². The standard InChI is InChI=1S/C16H20/c1-2-3-4-5-6-7-8-10-13-16-14-11-9-12-15-16/h7,9,11-15H,2-6H2,1H3. The van der Waals surface area contributed by atoms with E-state index in [1.165, 1.54) is 31.2 Å². The van der Waals surface area contributed by atoms with E-state index in [0.717, 1.165) is 6.42 Å². The largest absolute Gasteiger partial charge is 0.0746 e. The normalized spacial score (nSPS) is 9.06. The van der Waals surface area contributed by atoms with Crippen molar-refractivity contribution in [1.82, 2.24) is 0 Å². The van der Waals surface area contributed by atoms with Gasteiger partial charge in [0.25, 0.3) is 0 Å². The molecule has 0 aromatic heterocycles. The number of allylic oxidation sites excluding steroid dienone is 1. The zero-order chi connectivity index (χ0) is 11.5. The lowest BCUT2D eigenvalue weighted by Crippen LogP contribution is -1.72. The molecule has 0 radical (unpaired) electrons. The van der Waals surface area contributed by atoms with Crippen LogP contribution in [0.15, 0.2) is 47.9 Å². The molecule has 0 nitrogen and oxygen atoms in total. The molecule has 0 aliphatic rings. The smallest absolute Gasteiger partial charge is 0.00429 e. The molecule has 16 heavy (non-hydrogen) atoms. The second-order valence-electron chi connectivity index (χ2n) is 3.90. The lowest BCUT2D eigenvalue weighted by Gasteiger charge is -1.91.